The molecule has 0 radical (unpaired) electrons. The van der Waals surface area contributed by atoms with Crippen LogP contribution in [0.25, 0.3) is 0 Å². The Labute approximate surface area is 94.3 Å². The van der Waals surface area contributed by atoms with Gasteiger partial charge in [-0.1, -0.05) is 12.1 Å². The van der Waals surface area contributed by atoms with E-state index in [0.29, 0.717) is 17.7 Å². The molecular formula is C12H13N3O. The van der Waals surface area contributed by atoms with Crippen LogP contribution in [0.4, 0.5) is 0 Å². The molecule has 1 aromatic rings. The van der Waals surface area contributed by atoms with Crippen molar-refractivity contribution in [3.63, 3.8) is 0 Å². The van der Waals surface area contributed by atoms with E-state index in [0.717, 1.165) is 13.1 Å². The molecule has 1 aromatic carbocycles. The number of likely N-dealkylation sites (tertiary alicyclic amines) is 1. The number of ketones is 1. The van der Waals surface area contributed by atoms with Gasteiger partial charge >= 0.3 is 0 Å². The van der Waals surface area contributed by atoms with Crippen molar-refractivity contribution in [3.8, 4) is 6.07 Å². The Morgan fingerprint density at radius 3 is 2.56 bits per heavy atom. The third-order valence-corrected chi connectivity index (χ3v) is 2.69. The van der Waals surface area contributed by atoms with Crippen LogP contribution in [0.1, 0.15) is 15.9 Å². The third-order valence-electron chi connectivity index (χ3n) is 2.69. The first-order valence-electron chi connectivity index (χ1n) is 5.20. The van der Waals surface area contributed by atoms with Crippen molar-refractivity contribution in [2.45, 2.75) is 6.04 Å². The molecule has 0 saturated carbocycles. The van der Waals surface area contributed by atoms with Crippen molar-refractivity contribution in [2.24, 2.45) is 5.73 Å². The fourth-order valence-electron chi connectivity index (χ4n) is 1.76. The van der Waals surface area contributed by atoms with Crippen LogP contribution in [0.5, 0.6) is 0 Å². The van der Waals surface area contributed by atoms with E-state index in [-0.39, 0.29) is 11.8 Å². The first-order chi connectivity index (χ1) is 7.69. The number of hydrogen-bond acceptors (Lipinski definition) is 4. The normalized spacial score (nSPS) is 16.5. The lowest BCUT2D eigenvalue weighted by Gasteiger charge is -2.36. The molecule has 1 heterocycles. The quantitative estimate of drug-likeness (QED) is 0.740. The average molecular weight is 215 g/mol. The number of benzene rings is 1. The summed E-state index contributed by atoms with van der Waals surface area (Å²) in [6.07, 6.45) is 0. The molecule has 0 aromatic heterocycles. The monoisotopic (exact) mass is 215 g/mol. The molecular weight excluding hydrogens is 202 g/mol. The summed E-state index contributed by atoms with van der Waals surface area (Å²) >= 11 is 0. The summed E-state index contributed by atoms with van der Waals surface area (Å²) in [5, 5.41) is 8.63. The van der Waals surface area contributed by atoms with E-state index in [1.165, 1.54) is 0 Å². The number of Topliss-reactive ketones (excluding diaryl/α,β-unsaturated/α-hetero) is 1. The molecule has 2 rings (SSSR count). The maximum Gasteiger partial charge on any atom is 0.176 e. The third kappa shape index (κ3) is 2.27. The summed E-state index contributed by atoms with van der Waals surface area (Å²) in [5.74, 6) is 0.0800. The van der Waals surface area contributed by atoms with Gasteiger partial charge in [-0.05, 0) is 12.1 Å². The van der Waals surface area contributed by atoms with Crippen LogP contribution in [0.2, 0.25) is 0 Å². The minimum atomic E-state index is 0.0800. The van der Waals surface area contributed by atoms with Crippen LogP contribution in [0, 0.1) is 11.3 Å². The number of nitrogens with zero attached hydrogens (tertiary/aromatic N) is 2. The second-order valence-corrected chi connectivity index (χ2v) is 4.07. The van der Waals surface area contributed by atoms with Crippen LogP contribution in [-0.4, -0.2) is 36.4 Å². The smallest absolute Gasteiger partial charge is 0.176 e. The summed E-state index contributed by atoms with van der Waals surface area (Å²) in [6.45, 7) is 2.00. The molecule has 0 spiro atoms. The first-order valence-corrected chi connectivity index (χ1v) is 5.20. The van der Waals surface area contributed by atoms with Gasteiger partial charge in [-0.3, -0.25) is 9.69 Å². The molecule has 0 atom stereocenters. The van der Waals surface area contributed by atoms with Crippen LogP contribution in [-0.2, 0) is 0 Å². The second-order valence-electron chi connectivity index (χ2n) is 4.07. The number of rotatable bonds is 3. The van der Waals surface area contributed by atoms with Gasteiger partial charge in [0.05, 0.1) is 18.2 Å². The number of hydrogen-bond donors (Lipinski definition) is 1. The minimum absolute atomic E-state index is 0.0800. The molecule has 0 bridgehead atoms. The fourth-order valence-corrected chi connectivity index (χ4v) is 1.76. The first kappa shape index (κ1) is 10.8. The summed E-state index contributed by atoms with van der Waals surface area (Å²) < 4.78 is 0. The Hall–Kier alpha value is -1.70. The lowest BCUT2D eigenvalue weighted by atomic mass is 10.1. The molecule has 16 heavy (non-hydrogen) atoms. The number of carbonyl (C=O) groups is 1. The molecule has 2 N–H and O–H groups in total. The van der Waals surface area contributed by atoms with Crippen molar-refractivity contribution in [2.75, 3.05) is 19.6 Å². The van der Waals surface area contributed by atoms with Gasteiger partial charge in [0, 0.05) is 24.7 Å². The zero-order valence-electron chi connectivity index (χ0n) is 8.89. The lowest BCUT2D eigenvalue weighted by Crippen LogP contribution is -2.56. The van der Waals surface area contributed by atoms with E-state index >= 15 is 0 Å². The SMILES string of the molecule is N#Cc1ccc(C(=O)CN2CC(N)C2)cc1. The Bertz CT molecular complexity index is 427. The molecule has 4 heteroatoms. The summed E-state index contributed by atoms with van der Waals surface area (Å²) in [7, 11) is 0. The predicted molar refractivity (Wildman–Crippen MR) is 59.9 cm³/mol. The van der Waals surface area contributed by atoms with Crippen molar-refractivity contribution in [1.82, 2.24) is 4.90 Å². The van der Waals surface area contributed by atoms with Gasteiger partial charge in [-0.25, -0.2) is 0 Å². The highest BCUT2D eigenvalue weighted by Gasteiger charge is 2.24. The Kier molecular flexibility index (Phi) is 3.00. The van der Waals surface area contributed by atoms with Gasteiger partial charge in [0.2, 0.25) is 0 Å². The topological polar surface area (TPSA) is 70.1 Å². The van der Waals surface area contributed by atoms with E-state index in [9.17, 15) is 4.79 Å². The van der Waals surface area contributed by atoms with Crippen LogP contribution < -0.4 is 5.73 Å². The van der Waals surface area contributed by atoms with Crippen molar-refractivity contribution < 1.29 is 4.79 Å². The van der Waals surface area contributed by atoms with Crippen LogP contribution in [0.3, 0.4) is 0 Å². The van der Waals surface area contributed by atoms with E-state index in [1.807, 2.05) is 11.0 Å². The van der Waals surface area contributed by atoms with E-state index in [4.69, 9.17) is 11.0 Å². The van der Waals surface area contributed by atoms with E-state index in [2.05, 4.69) is 0 Å². The predicted octanol–water partition coefficient (Wildman–Crippen LogP) is 0.384. The van der Waals surface area contributed by atoms with Crippen LogP contribution >= 0.6 is 0 Å². The van der Waals surface area contributed by atoms with E-state index < -0.39 is 0 Å². The van der Waals surface area contributed by atoms with Gasteiger partial charge in [-0.2, -0.15) is 5.26 Å². The summed E-state index contributed by atoms with van der Waals surface area (Å²) in [6, 6.07) is 8.95. The van der Waals surface area contributed by atoms with Gasteiger partial charge < -0.3 is 5.73 Å². The van der Waals surface area contributed by atoms with Crippen molar-refractivity contribution >= 4 is 5.78 Å². The molecule has 1 aliphatic heterocycles. The number of carbonyl (C=O) groups excluding carboxylic acids is 1. The molecule has 1 saturated heterocycles. The maximum absolute atomic E-state index is 11.8. The van der Waals surface area contributed by atoms with E-state index in [1.54, 1.807) is 24.3 Å². The van der Waals surface area contributed by atoms with Gasteiger partial charge in [0.15, 0.2) is 5.78 Å². The average Bonchev–Trinajstić information content (AvgIpc) is 2.27. The van der Waals surface area contributed by atoms with Crippen molar-refractivity contribution in [3.05, 3.63) is 35.4 Å². The Morgan fingerprint density at radius 2 is 2.06 bits per heavy atom. The summed E-state index contributed by atoms with van der Waals surface area (Å²) in [4.78, 5) is 13.8. The highest BCUT2D eigenvalue weighted by Crippen LogP contribution is 2.09. The zero-order chi connectivity index (χ0) is 11.5. The van der Waals surface area contributed by atoms with Crippen molar-refractivity contribution in [1.29, 1.82) is 5.26 Å². The molecule has 0 unspecified atom stereocenters. The molecule has 1 fully saturated rings. The summed E-state index contributed by atoms with van der Waals surface area (Å²) in [5.41, 5.74) is 6.86. The highest BCUT2D eigenvalue weighted by atomic mass is 16.1. The lowest BCUT2D eigenvalue weighted by molar-refractivity contribution is 0.0843. The van der Waals surface area contributed by atoms with Gasteiger partial charge in [0.25, 0.3) is 0 Å². The molecule has 4 nitrogen and oxygen atoms in total. The minimum Gasteiger partial charge on any atom is -0.325 e. The maximum atomic E-state index is 11.8. The standard InChI is InChI=1S/C12H13N3O/c13-5-9-1-3-10(4-2-9)12(16)8-15-6-11(14)7-15/h1-4,11H,6-8,14H2. The molecule has 82 valence electrons. The van der Waals surface area contributed by atoms with Gasteiger partial charge in [0.1, 0.15) is 0 Å². The number of nitrogens with two attached hydrogens (primary N) is 1. The second kappa shape index (κ2) is 4.44. The Morgan fingerprint density at radius 1 is 1.44 bits per heavy atom. The zero-order valence-corrected chi connectivity index (χ0v) is 8.89. The van der Waals surface area contributed by atoms with Crippen LogP contribution in [0.15, 0.2) is 24.3 Å². The molecule has 0 amide bonds. The highest BCUT2D eigenvalue weighted by molar-refractivity contribution is 5.97. The number of nitriles is 1. The molecule has 1 aliphatic rings. The largest absolute Gasteiger partial charge is 0.325 e. The van der Waals surface area contributed by atoms with Gasteiger partial charge in [-0.15, -0.1) is 0 Å². The molecule has 0 aliphatic carbocycles. The Balaban J connectivity index is 1.96. The fraction of sp³-hybridized carbons (Fsp3) is 0.333.